The van der Waals surface area contributed by atoms with E-state index >= 15 is 0 Å². The second kappa shape index (κ2) is 8.07. The lowest BCUT2D eigenvalue weighted by atomic mass is 10.0. The van der Waals surface area contributed by atoms with E-state index in [1.807, 2.05) is 0 Å². The van der Waals surface area contributed by atoms with Crippen LogP contribution < -0.4 is 9.47 Å². The standard InChI is InChI=1S/C24H21NO7/c1-31-15-9-17-24(23(10-15)32-2)16(13-3-5-18(26)20(28)7-13)11-25(17)12-22(30)14-4-6-19(27)21(29)8-14/h3-11,26-29H,12H2,1-2H3. The lowest BCUT2D eigenvalue weighted by Gasteiger charge is -2.10. The van der Waals surface area contributed by atoms with Gasteiger partial charge in [-0.15, -0.1) is 0 Å². The van der Waals surface area contributed by atoms with Gasteiger partial charge in [0.2, 0.25) is 0 Å². The van der Waals surface area contributed by atoms with Crippen LogP contribution in [0.2, 0.25) is 0 Å². The van der Waals surface area contributed by atoms with Crippen LogP contribution in [-0.4, -0.2) is 45.0 Å². The number of ketones is 1. The maximum atomic E-state index is 12.9. The van der Waals surface area contributed by atoms with Gasteiger partial charge < -0.3 is 34.5 Å². The molecule has 0 unspecified atom stereocenters. The third-order valence-corrected chi connectivity index (χ3v) is 5.27. The van der Waals surface area contributed by atoms with Crippen LogP contribution in [-0.2, 0) is 6.54 Å². The molecule has 1 aromatic heterocycles. The van der Waals surface area contributed by atoms with Crippen molar-refractivity contribution in [3.63, 3.8) is 0 Å². The van der Waals surface area contributed by atoms with Gasteiger partial charge in [0.25, 0.3) is 0 Å². The molecule has 3 aromatic carbocycles. The number of Topliss-reactive ketones (excluding diaryl/α,β-unsaturated/α-hetero) is 1. The van der Waals surface area contributed by atoms with Crippen LogP contribution >= 0.6 is 0 Å². The lowest BCUT2D eigenvalue weighted by molar-refractivity contribution is 0.0973. The molecule has 0 aliphatic carbocycles. The highest BCUT2D eigenvalue weighted by molar-refractivity contribution is 6.03. The maximum Gasteiger partial charge on any atom is 0.182 e. The molecular formula is C24H21NO7. The maximum absolute atomic E-state index is 12.9. The summed E-state index contributed by atoms with van der Waals surface area (Å²) in [7, 11) is 3.05. The summed E-state index contributed by atoms with van der Waals surface area (Å²) in [6.07, 6.45) is 1.75. The summed E-state index contributed by atoms with van der Waals surface area (Å²) >= 11 is 0. The second-order valence-corrected chi connectivity index (χ2v) is 7.22. The van der Waals surface area contributed by atoms with Crippen LogP contribution in [0.1, 0.15) is 10.4 Å². The van der Waals surface area contributed by atoms with Gasteiger partial charge in [0.05, 0.1) is 26.3 Å². The molecule has 0 atom stereocenters. The Hall–Kier alpha value is -4.33. The number of hydrogen-bond donors (Lipinski definition) is 4. The Balaban J connectivity index is 1.88. The van der Waals surface area contributed by atoms with Crippen molar-refractivity contribution in [1.82, 2.24) is 4.57 Å². The summed E-state index contributed by atoms with van der Waals surface area (Å²) in [4.78, 5) is 12.9. The van der Waals surface area contributed by atoms with Gasteiger partial charge in [0, 0.05) is 34.8 Å². The molecule has 8 heteroatoms. The molecule has 0 amide bonds. The molecule has 0 fully saturated rings. The van der Waals surface area contributed by atoms with Gasteiger partial charge in [-0.05, 0) is 35.9 Å². The van der Waals surface area contributed by atoms with E-state index in [4.69, 9.17) is 9.47 Å². The average molecular weight is 435 g/mol. The number of ether oxygens (including phenoxy) is 2. The summed E-state index contributed by atoms with van der Waals surface area (Å²) in [5, 5.41) is 39.6. The fraction of sp³-hybridized carbons (Fsp3) is 0.125. The Morgan fingerprint density at radius 3 is 2.16 bits per heavy atom. The van der Waals surface area contributed by atoms with E-state index in [0.717, 1.165) is 0 Å². The predicted molar refractivity (Wildman–Crippen MR) is 118 cm³/mol. The van der Waals surface area contributed by atoms with Crippen LogP contribution in [0.5, 0.6) is 34.5 Å². The van der Waals surface area contributed by atoms with Crippen molar-refractivity contribution in [3.05, 3.63) is 60.3 Å². The van der Waals surface area contributed by atoms with Gasteiger partial charge >= 0.3 is 0 Å². The van der Waals surface area contributed by atoms with E-state index in [0.29, 0.717) is 33.5 Å². The van der Waals surface area contributed by atoms with Gasteiger partial charge in [0.15, 0.2) is 28.8 Å². The number of nitrogens with zero attached hydrogens (tertiary/aromatic N) is 1. The van der Waals surface area contributed by atoms with E-state index in [2.05, 4.69) is 0 Å². The van der Waals surface area contributed by atoms with Gasteiger partial charge in [0.1, 0.15) is 11.5 Å². The second-order valence-electron chi connectivity index (χ2n) is 7.22. The highest BCUT2D eigenvalue weighted by atomic mass is 16.5. The van der Waals surface area contributed by atoms with Crippen molar-refractivity contribution in [2.45, 2.75) is 6.54 Å². The Morgan fingerprint density at radius 2 is 1.53 bits per heavy atom. The summed E-state index contributed by atoms with van der Waals surface area (Å²) in [5.74, 6) is -0.452. The topological polar surface area (TPSA) is 121 Å². The third-order valence-electron chi connectivity index (χ3n) is 5.27. The van der Waals surface area contributed by atoms with Crippen molar-refractivity contribution < 1.29 is 34.7 Å². The van der Waals surface area contributed by atoms with Crippen LogP contribution in [0.25, 0.3) is 22.0 Å². The monoisotopic (exact) mass is 435 g/mol. The summed E-state index contributed by atoms with van der Waals surface area (Å²) < 4.78 is 12.7. The smallest absolute Gasteiger partial charge is 0.182 e. The van der Waals surface area contributed by atoms with Gasteiger partial charge in [-0.2, -0.15) is 0 Å². The first-order valence-corrected chi connectivity index (χ1v) is 9.64. The molecule has 0 spiro atoms. The number of phenolic OH excluding ortho intramolecular Hbond substituents is 4. The number of carbonyl (C=O) groups is 1. The van der Waals surface area contributed by atoms with E-state index in [9.17, 15) is 25.2 Å². The number of fused-ring (bicyclic) bond motifs is 1. The van der Waals surface area contributed by atoms with E-state index in [-0.39, 0.29) is 40.9 Å². The molecular weight excluding hydrogens is 414 g/mol. The number of carbonyl (C=O) groups excluding carboxylic acids is 1. The Morgan fingerprint density at radius 1 is 0.844 bits per heavy atom. The molecule has 0 saturated carbocycles. The molecule has 1 heterocycles. The SMILES string of the molecule is COc1cc(OC)c2c(-c3ccc(O)c(O)c3)cn(CC(=O)c3ccc(O)c(O)c3)c2c1. The molecule has 0 aliphatic heterocycles. The van der Waals surface area contributed by atoms with Crippen molar-refractivity contribution in [1.29, 1.82) is 0 Å². The normalized spacial score (nSPS) is 10.9. The zero-order chi connectivity index (χ0) is 23.0. The van der Waals surface area contributed by atoms with E-state index in [1.165, 1.54) is 44.6 Å². The van der Waals surface area contributed by atoms with Crippen molar-refractivity contribution in [2.75, 3.05) is 14.2 Å². The zero-order valence-electron chi connectivity index (χ0n) is 17.4. The van der Waals surface area contributed by atoms with Crippen LogP contribution in [0.4, 0.5) is 0 Å². The highest BCUT2D eigenvalue weighted by Crippen LogP contribution is 2.41. The molecule has 8 nitrogen and oxygen atoms in total. The predicted octanol–water partition coefficient (Wildman–Crippen LogP) is 4.03. The molecule has 4 N–H and O–H groups in total. The lowest BCUT2D eigenvalue weighted by Crippen LogP contribution is -2.09. The minimum atomic E-state index is -0.378. The molecule has 0 aliphatic rings. The number of aromatic nitrogens is 1. The Bertz CT molecular complexity index is 1340. The Kier molecular flexibility index (Phi) is 5.28. The molecule has 0 radical (unpaired) electrons. The highest BCUT2D eigenvalue weighted by Gasteiger charge is 2.20. The van der Waals surface area contributed by atoms with Gasteiger partial charge in [-0.1, -0.05) is 6.07 Å². The number of phenols is 4. The number of aromatic hydroxyl groups is 4. The quantitative estimate of drug-likeness (QED) is 0.266. The fourth-order valence-corrected chi connectivity index (χ4v) is 3.63. The zero-order valence-corrected chi connectivity index (χ0v) is 17.4. The molecule has 32 heavy (non-hydrogen) atoms. The van der Waals surface area contributed by atoms with E-state index in [1.54, 1.807) is 29.0 Å². The number of methoxy groups -OCH3 is 2. The van der Waals surface area contributed by atoms with Crippen LogP contribution in [0.15, 0.2) is 54.7 Å². The first-order valence-electron chi connectivity index (χ1n) is 9.64. The van der Waals surface area contributed by atoms with Crippen LogP contribution in [0, 0.1) is 0 Å². The van der Waals surface area contributed by atoms with Crippen LogP contribution in [0.3, 0.4) is 0 Å². The number of benzene rings is 3. The van der Waals surface area contributed by atoms with E-state index < -0.39 is 0 Å². The number of hydrogen-bond acceptors (Lipinski definition) is 7. The minimum Gasteiger partial charge on any atom is -0.504 e. The average Bonchev–Trinajstić information content (AvgIpc) is 3.15. The summed E-state index contributed by atoms with van der Waals surface area (Å²) in [5.41, 5.74) is 2.18. The minimum absolute atomic E-state index is 0.0684. The molecule has 0 saturated heterocycles. The van der Waals surface area contributed by atoms with Gasteiger partial charge in [-0.25, -0.2) is 0 Å². The largest absolute Gasteiger partial charge is 0.504 e. The molecule has 4 aromatic rings. The Labute approximate surface area is 183 Å². The first-order chi connectivity index (χ1) is 15.3. The van der Waals surface area contributed by atoms with Crippen molar-refractivity contribution in [2.24, 2.45) is 0 Å². The van der Waals surface area contributed by atoms with Crippen molar-refractivity contribution in [3.8, 4) is 45.6 Å². The fourth-order valence-electron chi connectivity index (χ4n) is 3.63. The molecule has 4 rings (SSSR count). The van der Waals surface area contributed by atoms with Crippen molar-refractivity contribution >= 4 is 16.7 Å². The number of rotatable bonds is 6. The summed E-state index contributed by atoms with van der Waals surface area (Å²) in [6, 6.07) is 11.9. The molecule has 0 bridgehead atoms. The summed E-state index contributed by atoms with van der Waals surface area (Å²) in [6.45, 7) is -0.0684. The first kappa shape index (κ1) is 20.9. The van der Waals surface area contributed by atoms with Gasteiger partial charge in [-0.3, -0.25) is 4.79 Å². The third kappa shape index (κ3) is 3.62. The molecule has 164 valence electrons.